The summed E-state index contributed by atoms with van der Waals surface area (Å²) >= 11 is -2.55. The number of rotatable bonds is 9. The molecule has 3 aromatic rings. The highest BCUT2D eigenvalue weighted by molar-refractivity contribution is 7.80. The average Bonchev–Trinajstić information content (AvgIpc) is 2.77. The molecule has 0 aliphatic heterocycles. The number of ether oxygens (including phenoxy) is 3. The molecule has 170 valence electrons. The van der Waals surface area contributed by atoms with Crippen LogP contribution in [-0.4, -0.2) is 40.1 Å². The van der Waals surface area contributed by atoms with E-state index < -0.39 is 17.1 Å². The van der Waals surface area contributed by atoms with Gasteiger partial charge in [-0.2, -0.15) is 4.98 Å². The van der Waals surface area contributed by atoms with Crippen molar-refractivity contribution in [3.05, 3.63) is 47.9 Å². The van der Waals surface area contributed by atoms with Crippen LogP contribution in [0.4, 0.5) is 33.2 Å². The van der Waals surface area contributed by atoms with E-state index in [-0.39, 0.29) is 17.5 Å². The van der Waals surface area contributed by atoms with Gasteiger partial charge in [0.1, 0.15) is 0 Å². The van der Waals surface area contributed by atoms with E-state index in [1.54, 1.807) is 37.3 Å². The van der Waals surface area contributed by atoms with Crippen molar-refractivity contribution in [3.8, 4) is 17.2 Å². The van der Waals surface area contributed by atoms with E-state index >= 15 is 0 Å². The summed E-state index contributed by atoms with van der Waals surface area (Å²) in [5.41, 5.74) is 1.75. The molecule has 0 bridgehead atoms. The van der Waals surface area contributed by atoms with Crippen LogP contribution in [0.1, 0.15) is 5.56 Å². The molecule has 0 aliphatic carbocycles. The maximum Gasteiger partial charge on any atom is 0.229 e. The summed E-state index contributed by atoms with van der Waals surface area (Å²) in [6.45, 7) is 1.72. The molecule has 1 aromatic heterocycles. The van der Waals surface area contributed by atoms with Crippen LogP contribution in [-0.2, 0) is 11.3 Å². The first-order chi connectivity index (χ1) is 15.4. The second kappa shape index (κ2) is 10.1. The lowest BCUT2D eigenvalue weighted by Crippen LogP contribution is -2.08. The Bertz CT molecular complexity index is 1120. The highest BCUT2D eigenvalue weighted by Crippen LogP contribution is 2.40. The Hall–Kier alpha value is -3.64. The number of para-hydroxylation sites is 1. The van der Waals surface area contributed by atoms with Crippen LogP contribution in [0.5, 0.6) is 17.2 Å². The molecule has 32 heavy (non-hydrogen) atoms. The van der Waals surface area contributed by atoms with Gasteiger partial charge < -0.3 is 34.1 Å². The lowest BCUT2D eigenvalue weighted by Gasteiger charge is -2.17. The Labute approximate surface area is 186 Å². The second-order valence-corrected chi connectivity index (χ2v) is 7.06. The van der Waals surface area contributed by atoms with E-state index in [1.165, 1.54) is 21.3 Å². The molecule has 0 fully saturated rings. The highest BCUT2D eigenvalue weighted by Gasteiger charge is 2.15. The van der Waals surface area contributed by atoms with Crippen molar-refractivity contribution in [1.82, 2.24) is 9.97 Å². The standard InChI is InChI=1S/C20H22FN5O5S/c1-11-6-5-7-14(17(11)26-32(27)28)24-19-13(21)10-22-20(25-19)23-12-8-15(29-2)18(31-4)16(9-12)30-3/h5-10,26H,1-4H3,(H,27,28)(H2,22,23,24,25)/p-1. The van der Waals surface area contributed by atoms with Crippen molar-refractivity contribution < 1.29 is 27.4 Å². The molecular formula is C20H21FN5O5S-. The topological polar surface area (TPSA) is 130 Å². The van der Waals surface area contributed by atoms with Gasteiger partial charge in [-0.05, 0) is 18.6 Å². The number of nitrogens with zero attached hydrogens (tertiary/aromatic N) is 2. The van der Waals surface area contributed by atoms with Crippen molar-refractivity contribution in [1.29, 1.82) is 0 Å². The van der Waals surface area contributed by atoms with Crippen LogP contribution < -0.4 is 29.6 Å². The highest BCUT2D eigenvalue weighted by atomic mass is 32.2. The molecular weight excluding hydrogens is 441 g/mol. The van der Waals surface area contributed by atoms with Gasteiger partial charge in [0.2, 0.25) is 11.7 Å². The molecule has 0 saturated heterocycles. The van der Waals surface area contributed by atoms with Crippen LogP contribution in [0.3, 0.4) is 0 Å². The van der Waals surface area contributed by atoms with Crippen LogP contribution in [0.2, 0.25) is 0 Å². The number of nitrogens with one attached hydrogen (secondary N) is 3. The van der Waals surface area contributed by atoms with E-state index in [2.05, 4.69) is 25.3 Å². The monoisotopic (exact) mass is 462 g/mol. The molecule has 2 aromatic carbocycles. The molecule has 1 heterocycles. The number of aromatic nitrogens is 2. The first kappa shape index (κ1) is 23.0. The molecule has 1 atom stereocenters. The van der Waals surface area contributed by atoms with Gasteiger partial charge in [0, 0.05) is 29.1 Å². The van der Waals surface area contributed by atoms with Crippen molar-refractivity contribution in [2.45, 2.75) is 6.92 Å². The third kappa shape index (κ3) is 5.15. The summed E-state index contributed by atoms with van der Waals surface area (Å²) in [7, 11) is 4.46. The predicted octanol–water partition coefficient (Wildman–Crippen LogP) is 3.64. The predicted molar refractivity (Wildman–Crippen MR) is 118 cm³/mol. The smallest absolute Gasteiger partial charge is 0.229 e. The fourth-order valence-electron chi connectivity index (χ4n) is 2.92. The minimum Gasteiger partial charge on any atom is -0.755 e. The third-order valence-corrected chi connectivity index (χ3v) is 4.75. The normalized spacial score (nSPS) is 11.4. The summed E-state index contributed by atoms with van der Waals surface area (Å²) in [6.07, 6.45) is 0.990. The minimum absolute atomic E-state index is 0.0812. The van der Waals surface area contributed by atoms with Gasteiger partial charge >= 0.3 is 0 Å². The molecule has 0 spiro atoms. The van der Waals surface area contributed by atoms with E-state index in [9.17, 15) is 13.2 Å². The lowest BCUT2D eigenvalue weighted by atomic mass is 10.2. The Morgan fingerprint density at radius 1 is 1.06 bits per heavy atom. The zero-order chi connectivity index (χ0) is 23.3. The van der Waals surface area contributed by atoms with E-state index in [0.717, 1.165) is 6.20 Å². The molecule has 3 rings (SSSR count). The van der Waals surface area contributed by atoms with Crippen molar-refractivity contribution in [2.24, 2.45) is 0 Å². The summed E-state index contributed by atoms with van der Waals surface area (Å²) in [4.78, 5) is 8.12. The fraction of sp³-hybridized carbons (Fsp3) is 0.200. The summed E-state index contributed by atoms with van der Waals surface area (Å²) in [5.74, 6) is 0.444. The first-order valence-corrected chi connectivity index (χ1v) is 10.3. The lowest BCUT2D eigenvalue weighted by molar-refractivity contribution is 0.324. The van der Waals surface area contributed by atoms with E-state index in [4.69, 9.17) is 14.2 Å². The maximum absolute atomic E-state index is 14.4. The molecule has 3 N–H and O–H groups in total. The number of hydrogen-bond acceptors (Lipinski definition) is 9. The van der Waals surface area contributed by atoms with Gasteiger partial charge in [-0.25, -0.2) is 9.37 Å². The largest absolute Gasteiger partial charge is 0.755 e. The molecule has 12 heteroatoms. The molecule has 10 nitrogen and oxygen atoms in total. The average molecular weight is 462 g/mol. The van der Waals surface area contributed by atoms with Gasteiger partial charge in [0.25, 0.3) is 0 Å². The van der Waals surface area contributed by atoms with Crippen molar-refractivity contribution >= 4 is 40.1 Å². The number of anilines is 5. The first-order valence-electron chi connectivity index (χ1n) is 9.18. The maximum atomic E-state index is 14.4. The zero-order valence-electron chi connectivity index (χ0n) is 17.7. The summed E-state index contributed by atoms with van der Waals surface area (Å²) in [5, 5.41) is 5.76. The fourth-order valence-corrected chi connectivity index (χ4v) is 3.35. The van der Waals surface area contributed by atoms with Gasteiger partial charge in [-0.3, -0.25) is 4.21 Å². The minimum atomic E-state index is -2.55. The van der Waals surface area contributed by atoms with Crippen LogP contribution in [0.25, 0.3) is 0 Å². The second-order valence-electron chi connectivity index (χ2n) is 6.39. The van der Waals surface area contributed by atoms with Gasteiger partial charge in [-0.15, -0.1) is 0 Å². The Morgan fingerprint density at radius 3 is 2.34 bits per heavy atom. The quantitative estimate of drug-likeness (QED) is 0.408. The van der Waals surface area contributed by atoms with E-state index in [0.29, 0.717) is 34.2 Å². The Balaban J connectivity index is 1.93. The van der Waals surface area contributed by atoms with Crippen LogP contribution in [0, 0.1) is 12.7 Å². The summed E-state index contributed by atoms with van der Waals surface area (Å²) in [6, 6.07) is 8.30. The van der Waals surface area contributed by atoms with Crippen molar-refractivity contribution in [3.63, 3.8) is 0 Å². The van der Waals surface area contributed by atoms with Gasteiger partial charge in [0.15, 0.2) is 23.1 Å². The number of aryl methyl sites for hydroxylation is 1. The molecule has 0 aliphatic rings. The molecule has 0 saturated carbocycles. The van der Waals surface area contributed by atoms with Gasteiger partial charge in [-0.1, -0.05) is 12.1 Å². The van der Waals surface area contributed by atoms with Crippen LogP contribution >= 0.6 is 0 Å². The molecule has 1 unspecified atom stereocenters. The molecule has 0 radical (unpaired) electrons. The zero-order valence-corrected chi connectivity index (χ0v) is 18.5. The van der Waals surface area contributed by atoms with Gasteiger partial charge in [0.05, 0.1) is 38.9 Å². The van der Waals surface area contributed by atoms with E-state index in [1.807, 2.05) is 0 Å². The number of hydrogen-bond donors (Lipinski definition) is 3. The SMILES string of the molecule is COc1cc(Nc2ncc(F)c(Nc3cccc(C)c3NS(=O)[O-])n2)cc(OC)c1OC. The number of benzene rings is 2. The Morgan fingerprint density at radius 2 is 1.75 bits per heavy atom. The Kier molecular flexibility index (Phi) is 7.28. The molecule has 0 amide bonds. The third-order valence-electron chi connectivity index (χ3n) is 4.38. The van der Waals surface area contributed by atoms with Crippen molar-refractivity contribution in [2.75, 3.05) is 36.7 Å². The van der Waals surface area contributed by atoms with Crippen LogP contribution in [0.15, 0.2) is 36.5 Å². The number of methoxy groups -OCH3 is 3. The summed E-state index contributed by atoms with van der Waals surface area (Å²) < 4.78 is 54.9. The number of halogens is 1.